The maximum atomic E-state index is 11.4. The number of carbonyl (C=O) groups excluding carboxylic acids is 1. The van der Waals surface area contributed by atoms with E-state index in [0.717, 1.165) is 9.75 Å². The SMILES string of the molecule is CN(C)c1ccc(-c2cc3c(s2)c2sc(-c4ccc(/C=C(\C#N)C(N)=O)s4)cc2n3C(C)(C)C)cc1. The first kappa shape index (κ1) is 24.3. The van der Waals surface area contributed by atoms with Crippen LogP contribution in [0.4, 0.5) is 5.69 Å². The van der Waals surface area contributed by atoms with E-state index < -0.39 is 5.91 Å². The van der Waals surface area contributed by atoms with Crippen molar-refractivity contribution in [1.82, 2.24) is 4.57 Å². The molecule has 0 spiro atoms. The maximum Gasteiger partial charge on any atom is 0.259 e. The molecule has 1 amide bonds. The molecule has 0 saturated carbocycles. The highest BCUT2D eigenvalue weighted by Crippen LogP contribution is 2.48. The first-order valence-electron chi connectivity index (χ1n) is 11.4. The lowest BCUT2D eigenvalue weighted by atomic mass is 10.1. The number of amides is 1. The highest BCUT2D eigenvalue weighted by atomic mass is 32.1. The van der Waals surface area contributed by atoms with Gasteiger partial charge in [-0.1, -0.05) is 12.1 Å². The van der Waals surface area contributed by atoms with Crippen LogP contribution < -0.4 is 10.6 Å². The van der Waals surface area contributed by atoms with Gasteiger partial charge in [-0.15, -0.1) is 34.0 Å². The minimum absolute atomic E-state index is 0.0367. The summed E-state index contributed by atoms with van der Waals surface area (Å²) in [5.41, 5.74) is 10.1. The van der Waals surface area contributed by atoms with E-state index in [4.69, 9.17) is 11.0 Å². The van der Waals surface area contributed by atoms with Crippen molar-refractivity contribution in [2.75, 3.05) is 19.0 Å². The molecule has 4 heterocycles. The van der Waals surface area contributed by atoms with Gasteiger partial charge in [-0.25, -0.2) is 0 Å². The van der Waals surface area contributed by atoms with Crippen molar-refractivity contribution in [3.8, 4) is 26.3 Å². The van der Waals surface area contributed by atoms with Gasteiger partial charge in [-0.2, -0.15) is 5.26 Å². The molecule has 182 valence electrons. The maximum absolute atomic E-state index is 11.4. The van der Waals surface area contributed by atoms with Crippen LogP contribution in [0, 0.1) is 11.3 Å². The highest BCUT2D eigenvalue weighted by Gasteiger charge is 2.25. The monoisotopic (exact) mass is 530 g/mol. The molecule has 0 aliphatic heterocycles. The van der Waals surface area contributed by atoms with Crippen LogP contribution in [0.2, 0.25) is 0 Å². The van der Waals surface area contributed by atoms with Crippen LogP contribution in [0.15, 0.2) is 54.1 Å². The molecule has 2 N–H and O–H groups in total. The van der Waals surface area contributed by atoms with Crippen molar-refractivity contribution in [3.63, 3.8) is 0 Å². The van der Waals surface area contributed by atoms with E-state index >= 15 is 0 Å². The quantitative estimate of drug-likeness (QED) is 0.189. The van der Waals surface area contributed by atoms with Crippen LogP contribution in [0.3, 0.4) is 0 Å². The summed E-state index contributed by atoms with van der Waals surface area (Å²) in [6.45, 7) is 6.73. The second-order valence-corrected chi connectivity index (χ2v) is 13.1. The third-order valence-corrected chi connectivity index (χ3v) is 9.68. The van der Waals surface area contributed by atoms with Crippen molar-refractivity contribution in [1.29, 1.82) is 5.26 Å². The molecule has 5 aromatic rings. The molecule has 0 bridgehead atoms. The van der Waals surface area contributed by atoms with Crippen LogP contribution in [0.5, 0.6) is 0 Å². The summed E-state index contributed by atoms with van der Waals surface area (Å²) in [5, 5.41) is 9.16. The number of fused-ring (bicyclic) bond motifs is 3. The molecule has 0 saturated heterocycles. The van der Waals surface area contributed by atoms with Gasteiger partial charge >= 0.3 is 0 Å². The Balaban J connectivity index is 1.62. The average Bonchev–Trinajstić information content (AvgIpc) is 3.57. The van der Waals surface area contributed by atoms with Crippen molar-refractivity contribution in [2.24, 2.45) is 5.73 Å². The second-order valence-electron chi connectivity index (χ2n) is 9.83. The van der Waals surface area contributed by atoms with E-state index in [2.05, 4.69) is 80.7 Å². The van der Waals surface area contributed by atoms with E-state index in [1.807, 2.05) is 29.5 Å². The van der Waals surface area contributed by atoms with Gasteiger partial charge in [0.2, 0.25) is 0 Å². The number of hydrogen-bond acceptors (Lipinski definition) is 6. The van der Waals surface area contributed by atoms with Crippen LogP contribution in [0.1, 0.15) is 25.6 Å². The Morgan fingerprint density at radius 2 is 1.56 bits per heavy atom. The number of thiophene rings is 3. The molecule has 36 heavy (non-hydrogen) atoms. The first-order chi connectivity index (χ1) is 17.1. The lowest BCUT2D eigenvalue weighted by molar-refractivity contribution is -0.114. The number of benzene rings is 1. The van der Waals surface area contributed by atoms with Gasteiger partial charge in [-0.3, -0.25) is 4.79 Å². The molecule has 0 aliphatic carbocycles. The number of anilines is 1. The molecule has 5 rings (SSSR count). The summed E-state index contributed by atoms with van der Waals surface area (Å²) in [4.78, 5) is 17.9. The Kier molecular flexibility index (Phi) is 6.03. The molecule has 0 unspecified atom stereocenters. The van der Waals surface area contributed by atoms with E-state index in [9.17, 15) is 4.79 Å². The molecule has 1 aromatic carbocycles. The zero-order chi connectivity index (χ0) is 25.8. The van der Waals surface area contributed by atoms with E-state index in [-0.39, 0.29) is 11.1 Å². The van der Waals surface area contributed by atoms with Gasteiger partial charge in [0.15, 0.2) is 0 Å². The Morgan fingerprint density at radius 3 is 2.11 bits per heavy atom. The van der Waals surface area contributed by atoms with Crippen LogP contribution >= 0.6 is 34.0 Å². The van der Waals surface area contributed by atoms with E-state index in [0.29, 0.717) is 0 Å². The molecule has 0 atom stereocenters. The fraction of sp³-hybridized carbons (Fsp3) is 0.214. The van der Waals surface area contributed by atoms with Gasteiger partial charge in [0.05, 0.1) is 20.4 Å². The predicted molar refractivity (Wildman–Crippen MR) is 156 cm³/mol. The summed E-state index contributed by atoms with van der Waals surface area (Å²) in [5.74, 6) is -0.708. The number of nitriles is 1. The van der Waals surface area contributed by atoms with Gasteiger partial charge in [0.1, 0.15) is 11.6 Å². The zero-order valence-electron chi connectivity index (χ0n) is 20.7. The highest BCUT2D eigenvalue weighted by molar-refractivity contribution is 7.31. The third kappa shape index (κ3) is 4.24. The van der Waals surface area contributed by atoms with Crippen LogP contribution in [0.25, 0.3) is 46.7 Å². The van der Waals surface area contributed by atoms with E-state index in [1.54, 1.807) is 28.7 Å². The number of carbonyl (C=O) groups is 1. The zero-order valence-corrected chi connectivity index (χ0v) is 23.2. The molecule has 0 fully saturated rings. The number of hydrogen-bond donors (Lipinski definition) is 1. The van der Waals surface area contributed by atoms with Crippen LogP contribution in [-0.2, 0) is 10.3 Å². The average molecular weight is 531 g/mol. The fourth-order valence-corrected chi connectivity index (χ4v) is 7.79. The summed E-state index contributed by atoms with van der Waals surface area (Å²) >= 11 is 5.19. The minimum Gasteiger partial charge on any atom is -0.378 e. The normalized spacial score (nSPS) is 12.4. The van der Waals surface area contributed by atoms with Crippen molar-refractivity contribution < 1.29 is 4.79 Å². The second kappa shape index (κ2) is 8.93. The number of aromatic nitrogens is 1. The number of primary amides is 1. The Hall–Kier alpha value is -3.38. The number of nitrogens with two attached hydrogens (primary N) is 1. The third-order valence-electron chi connectivity index (χ3n) is 5.99. The number of rotatable bonds is 5. The Bertz CT molecular complexity index is 1680. The molecular weight excluding hydrogens is 505 g/mol. The minimum atomic E-state index is -0.708. The lowest BCUT2D eigenvalue weighted by Crippen LogP contribution is -2.20. The first-order valence-corrected chi connectivity index (χ1v) is 13.9. The van der Waals surface area contributed by atoms with Crippen molar-refractivity contribution >= 4 is 72.1 Å². The van der Waals surface area contributed by atoms with Crippen molar-refractivity contribution in [2.45, 2.75) is 26.3 Å². The van der Waals surface area contributed by atoms with Crippen molar-refractivity contribution in [3.05, 3.63) is 59.0 Å². The molecule has 0 radical (unpaired) electrons. The standard InChI is InChI=1S/C28H26N4OS3/c1-28(2,3)32-20-13-23(16-6-8-18(9-7-16)31(4)5)35-25(20)26-21(32)14-24(36-26)22-11-10-19(34-22)12-17(15-29)27(30)33/h6-14H,1-5H3,(H2,30,33)/b17-12+. The molecule has 4 aromatic heterocycles. The largest absolute Gasteiger partial charge is 0.378 e. The summed E-state index contributed by atoms with van der Waals surface area (Å²) in [6, 6.07) is 19.2. The lowest BCUT2D eigenvalue weighted by Gasteiger charge is -2.23. The number of nitrogens with zero attached hydrogens (tertiary/aromatic N) is 3. The molecule has 0 aliphatic rings. The fourth-order valence-electron chi connectivity index (χ4n) is 4.32. The van der Waals surface area contributed by atoms with Crippen LogP contribution in [-0.4, -0.2) is 24.6 Å². The molecular formula is C28H26N4OS3. The Morgan fingerprint density at radius 1 is 0.944 bits per heavy atom. The molecule has 8 heteroatoms. The summed E-state index contributed by atoms with van der Waals surface area (Å²) in [6.07, 6.45) is 1.56. The van der Waals surface area contributed by atoms with Gasteiger partial charge in [0.25, 0.3) is 5.91 Å². The smallest absolute Gasteiger partial charge is 0.259 e. The van der Waals surface area contributed by atoms with Gasteiger partial charge in [-0.05, 0) is 68.8 Å². The predicted octanol–water partition coefficient (Wildman–Crippen LogP) is 7.53. The summed E-state index contributed by atoms with van der Waals surface area (Å²) < 4.78 is 5.04. The molecule has 5 nitrogen and oxygen atoms in total. The van der Waals surface area contributed by atoms with Gasteiger partial charge < -0.3 is 15.2 Å². The van der Waals surface area contributed by atoms with E-state index in [1.165, 1.54) is 41.4 Å². The van der Waals surface area contributed by atoms with Gasteiger partial charge in [0, 0.05) is 44.8 Å². The topological polar surface area (TPSA) is 75.1 Å². The summed E-state index contributed by atoms with van der Waals surface area (Å²) in [7, 11) is 4.11. The Labute approximate surface area is 222 Å².